The number of ether oxygens (including phenoxy) is 2. The SMILES string of the molecule is O=C(O)Cc1cccc2c1OC([N+](=O)[O-])O2. The molecule has 1 N–H and O–H groups in total. The van der Waals surface area contributed by atoms with Crippen LogP contribution in [0.15, 0.2) is 18.2 Å². The van der Waals surface area contributed by atoms with Gasteiger partial charge >= 0.3 is 12.4 Å². The van der Waals surface area contributed by atoms with E-state index in [-0.39, 0.29) is 17.9 Å². The molecule has 1 heterocycles. The second-order valence-electron chi connectivity index (χ2n) is 3.14. The summed E-state index contributed by atoms with van der Waals surface area (Å²) in [6.07, 6.45) is -1.86. The van der Waals surface area contributed by atoms with E-state index >= 15 is 0 Å². The Kier molecular flexibility index (Phi) is 2.35. The predicted molar refractivity (Wildman–Crippen MR) is 49.8 cm³/mol. The van der Waals surface area contributed by atoms with Gasteiger partial charge in [0.15, 0.2) is 11.5 Å². The van der Waals surface area contributed by atoms with Crippen LogP contribution in [0.1, 0.15) is 5.56 Å². The molecule has 7 heteroatoms. The van der Waals surface area contributed by atoms with Gasteiger partial charge < -0.3 is 14.6 Å². The van der Waals surface area contributed by atoms with E-state index in [4.69, 9.17) is 14.6 Å². The lowest BCUT2D eigenvalue weighted by Crippen LogP contribution is -2.27. The molecule has 1 atom stereocenters. The minimum absolute atomic E-state index is 0.131. The van der Waals surface area contributed by atoms with Crippen molar-refractivity contribution < 1.29 is 24.3 Å². The van der Waals surface area contributed by atoms with Gasteiger partial charge in [0.25, 0.3) is 0 Å². The van der Waals surface area contributed by atoms with Crippen molar-refractivity contribution in [2.24, 2.45) is 0 Å². The first kappa shape index (κ1) is 10.2. The predicted octanol–water partition coefficient (Wildman–Crippen LogP) is 0.645. The summed E-state index contributed by atoms with van der Waals surface area (Å²) in [7, 11) is 0. The lowest BCUT2D eigenvalue weighted by Gasteiger charge is -2.01. The lowest BCUT2D eigenvalue weighted by atomic mass is 10.1. The third-order valence-electron chi connectivity index (χ3n) is 2.02. The van der Waals surface area contributed by atoms with Crippen LogP contribution in [0.5, 0.6) is 11.5 Å². The molecular formula is C9H7NO6. The van der Waals surface area contributed by atoms with Gasteiger partial charge in [-0.3, -0.25) is 14.9 Å². The first-order chi connectivity index (χ1) is 7.58. The normalized spacial score (nSPS) is 17.1. The zero-order chi connectivity index (χ0) is 11.7. The Morgan fingerprint density at radius 1 is 1.50 bits per heavy atom. The molecule has 0 saturated carbocycles. The summed E-state index contributed by atoms with van der Waals surface area (Å²) >= 11 is 0. The van der Waals surface area contributed by atoms with Crippen LogP contribution in [0.4, 0.5) is 0 Å². The molecule has 16 heavy (non-hydrogen) atoms. The van der Waals surface area contributed by atoms with E-state index in [2.05, 4.69) is 0 Å². The molecular weight excluding hydrogens is 218 g/mol. The number of benzene rings is 1. The van der Waals surface area contributed by atoms with Crippen LogP contribution in [-0.2, 0) is 11.2 Å². The molecule has 0 fully saturated rings. The topological polar surface area (TPSA) is 98.9 Å². The number of para-hydroxylation sites is 1. The molecule has 0 spiro atoms. The van der Waals surface area contributed by atoms with Gasteiger partial charge in [-0.2, -0.15) is 0 Å². The maximum atomic E-state index is 10.6. The van der Waals surface area contributed by atoms with E-state index in [0.717, 1.165) is 0 Å². The number of carboxylic acids is 1. The standard InChI is InChI=1S/C9H7NO6/c11-7(12)4-5-2-1-3-6-8(5)16-9(15-6)10(13)14/h1-3,9H,4H2,(H,11,12). The van der Waals surface area contributed by atoms with Gasteiger partial charge in [0.05, 0.1) is 6.42 Å². The summed E-state index contributed by atoms with van der Waals surface area (Å²) in [5.41, 5.74) is 0.356. The first-order valence-corrected chi connectivity index (χ1v) is 4.38. The van der Waals surface area contributed by atoms with Crippen molar-refractivity contribution in [2.45, 2.75) is 12.8 Å². The molecule has 84 valence electrons. The van der Waals surface area contributed by atoms with Gasteiger partial charge in [0.2, 0.25) is 0 Å². The Balaban J connectivity index is 2.30. The van der Waals surface area contributed by atoms with Crippen molar-refractivity contribution in [1.29, 1.82) is 0 Å². The van der Waals surface area contributed by atoms with Crippen LogP contribution in [0.3, 0.4) is 0 Å². The fraction of sp³-hybridized carbons (Fsp3) is 0.222. The summed E-state index contributed by atoms with van der Waals surface area (Å²) in [5.74, 6) is -0.714. The van der Waals surface area contributed by atoms with Gasteiger partial charge in [-0.05, 0) is 6.07 Å². The lowest BCUT2D eigenvalue weighted by molar-refractivity contribution is -0.600. The monoisotopic (exact) mass is 225 g/mol. The quantitative estimate of drug-likeness (QED) is 0.598. The largest absolute Gasteiger partial charge is 0.517 e. The van der Waals surface area contributed by atoms with E-state index in [1.54, 1.807) is 6.07 Å². The molecule has 7 nitrogen and oxygen atoms in total. The van der Waals surface area contributed by atoms with Crippen molar-refractivity contribution in [2.75, 3.05) is 0 Å². The Morgan fingerprint density at radius 3 is 2.88 bits per heavy atom. The van der Waals surface area contributed by atoms with E-state index in [0.29, 0.717) is 5.56 Å². The fourth-order valence-electron chi connectivity index (χ4n) is 1.41. The number of hydrogen-bond donors (Lipinski definition) is 1. The molecule has 1 aromatic carbocycles. The Labute approximate surface area is 89.4 Å². The van der Waals surface area contributed by atoms with Gasteiger partial charge in [-0.1, -0.05) is 12.1 Å². The van der Waals surface area contributed by atoms with Gasteiger partial charge in [0.1, 0.15) is 4.92 Å². The highest BCUT2D eigenvalue weighted by Gasteiger charge is 2.35. The highest BCUT2D eigenvalue weighted by atomic mass is 16.8. The van der Waals surface area contributed by atoms with Crippen LogP contribution in [0.2, 0.25) is 0 Å². The zero-order valence-corrected chi connectivity index (χ0v) is 7.95. The molecule has 0 amide bonds. The Hall–Kier alpha value is -2.31. The van der Waals surface area contributed by atoms with Crippen molar-refractivity contribution in [3.8, 4) is 11.5 Å². The van der Waals surface area contributed by atoms with E-state index < -0.39 is 17.3 Å². The summed E-state index contributed by atoms with van der Waals surface area (Å²) < 4.78 is 9.79. The van der Waals surface area contributed by atoms with Gasteiger partial charge in [-0.25, -0.2) is 0 Å². The number of fused-ring (bicyclic) bond motifs is 1. The molecule has 0 aromatic heterocycles. The molecule has 0 radical (unpaired) electrons. The number of carboxylic acid groups (broad SMARTS) is 1. The molecule has 0 saturated heterocycles. The number of aliphatic carboxylic acids is 1. The third kappa shape index (κ3) is 1.74. The number of nitrogens with zero attached hydrogens (tertiary/aromatic N) is 1. The summed E-state index contributed by atoms with van der Waals surface area (Å²) in [6, 6.07) is 4.58. The summed E-state index contributed by atoms with van der Waals surface area (Å²) in [4.78, 5) is 20.3. The molecule has 0 bridgehead atoms. The van der Waals surface area contributed by atoms with Crippen molar-refractivity contribution in [1.82, 2.24) is 0 Å². The van der Waals surface area contributed by atoms with Crippen LogP contribution >= 0.6 is 0 Å². The highest BCUT2D eigenvalue weighted by molar-refractivity contribution is 5.72. The molecule has 1 aromatic rings. The Morgan fingerprint density at radius 2 is 2.25 bits per heavy atom. The second-order valence-corrected chi connectivity index (χ2v) is 3.14. The number of hydrogen-bond acceptors (Lipinski definition) is 5. The zero-order valence-electron chi connectivity index (χ0n) is 7.95. The van der Waals surface area contributed by atoms with Crippen molar-refractivity contribution in [3.05, 3.63) is 33.9 Å². The van der Waals surface area contributed by atoms with E-state index in [1.165, 1.54) is 12.1 Å². The molecule has 0 aliphatic carbocycles. The molecule has 1 aliphatic heterocycles. The minimum atomic E-state index is -1.59. The average molecular weight is 225 g/mol. The number of rotatable bonds is 3. The molecule has 2 rings (SSSR count). The van der Waals surface area contributed by atoms with Crippen molar-refractivity contribution in [3.63, 3.8) is 0 Å². The van der Waals surface area contributed by atoms with Gasteiger partial charge in [0, 0.05) is 5.56 Å². The van der Waals surface area contributed by atoms with Crippen LogP contribution < -0.4 is 9.47 Å². The first-order valence-electron chi connectivity index (χ1n) is 4.38. The maximum Gasteiger partial charge on any atom is 0.517 e. The smallest absolute Gasteiger partial charge is 0.481 e. The van der Waals surface area contributed by atoms with Crippen LogP contribution in [0, 0.1) is 10.1 Å². The number of carbonyl (C=O) groups is 1. The van der Waals surface area contributed by atoms with Crippen LogP contribution in [0.25, 0.3) is 0 Å². The fourth-order valence-corrected chi connectivity index (χ4v) is 1.41. The highest BCUT2D eigenvalue weighted by Crippen LogP contribution is 2.38. The second kappa shape index (κ2) is 3.69. The Bertz CT molecular complexity index is 457. The van der Waals surface area contributed by atoms with E-state index in [1.807, 2.05) is 0 Å². The third-order valence-corrected chi connectivity index (χ3v) is 2.02. The minimum Gasteiger partial charge on any atom is -0.481 e. The van der Waals surface area contributed by atoms with E-state index in [9.17, 15) is 14.9 Å². The number of nitro groups is 1. The summed E-state index contributed by atoms with van der Waals surface area (Å²) in [6.45, 7) is 0. The maximum absolute atomic E-state index is 10.6. The average Bonchev–Trinajstić information content (AvgIpc) is 2.61. The molecule has 1 unspecified atom stereocenters. The van der Waals surface area contributed by atoms with Crippen molar-refractivity contribution >= 4 is 5.97 Å². The summed E-state index contributed by atoms with van der Waals surface area (Å²) in [5, 5.41) is 19.1. The molecule has 1 aliphatic rings. The van der Waals surface area contributed by atoms with Gasteiger partial charge in [-0.15, -0.1) is 0 Å². The van der Waals surface area contributed by atoms with Crippen LogP contribution in [-0.4, -0.2) is 22.4 Å².